The molecule has 0 aliphatic carbocycles. The van der Waals surface area contributed by atoms with Crippen LogP contribution in [-0.4, -0.2) is 28.0 Å². The highest BCUT2D eigenvalue weighted by atomic mass is 16.3. The molecule has 0 amide bonds. The van der Waals surface area contributed by atoms with Crippen molar-refractivity contribution >= 4 is 5.82 Å². The molecule has 1 saturated heterocycles. The quantitative estimate of drug-likeness (QED) is 0.828. The van der Waals surface area contributed by atoms with Crippen molar-refractivity contribution in [3.63, 3.8) is 0 Å². The SMILES string of the molecule is Cc1nn(C)c(N2CCCCCC2)c1CO. The summed E-state index contributed by atoms with van der Waals surface area (Å²) >= 11 is 0. The van der Waals surface area contributed by atoms with Gasteiger partial charge in [-0.15, -0.1) is 0 Å². The predicted molar refractivity (Wildman–Crippen MR) is 64.5 cm³/mol. The molecule has 4 nitrogen and oxygen atoms in total. The molecule has 4 heteroatoms. The van der Waals surface area contributed by atoms with Crippen molar-refractivity contribution in [1.82, 2.24) is 9.78 Å². The monoisotopic (exact) mass is 223 g/mol. The third-order valence-electron chi connectivity index (χ3n) is 3.38. The van der Waals surface area contributed by atoms with Gasteiger partial charge >= 0.3 is 0 Å². The van der Waals surface area contributed by atoms with Gasteiger partial charge in [-0.1, -0.05) is 12.8 Å². The molecule has 0 spiro atoms. The number of anilines is 1. The number of hydrogen-bond donors (Lipinski definition) is 1. The molecule has 2 heterocycles. The van der Waals surface area contributed by atoms with Crippen LogP contribution in [0.2, 0.25) is 0 Å². The largest absolute Gasteiger partial charge is 0.391 e. The van der Waals surface area contributed by atoms with Crippen molar-refractivity contribution in [2.75, 3.05) is 18.0 Å². The summed E-state index contributed by atoms with van der Waals surface area (Å²) in [5.74, 6) is 1.11. The molecule has 1 aliphatic heterocycles. The van der Waals surface area contributed by atoms with E-state index in [0.29, 0.717) is 0 Å². The Kier molecular flexibility index (Phi) is 3.49. The summed E-state index contributed by atoms with van der Waals surface area (Å²) in [6.45, 7) is 4.23. The lowest BCUT2D eigenvalue weighted by Gasteiger charge is -2.23. The van der Waals surface area contributed by atoms with Gasteiger partial charge in [0.25, 0.3) is 0 Å². The van der Waals surface area contributed by atoms with Gasteiger partial charge < -0.3 is 10.0 Å². The van der Waals surface area contributed by atoms with Gasteiger partial charge in [0.15, 0.2) is 0 Å². The summed E-state index contributed by atoms with van der Waals surface area (Å²) in [5, 5.41) is 13.8. The van der Waals surface area contributed by atoms with Gasteiger partial charge in [-0.05, 0) is 19.8 Å². The van der Waals surface area contributed by atoms with Crippen molar-refractivity contribution in [3.8, 4) is 0 Å². The normalized spacial score (nSPS) is 17.6. The fraction of sp³-hybridized carbons (Fsp3) is 0.750. The van der Waals surface area contributed by atoms with Crippen LogP contribution in [0.15, 0.2) is 0 Å². The fourth-order valence-electron chi connectivity index (χ4n) is 2.55. The van der Waals surface area contributed by atoms with E-state index in [-0.39, 0.29) is 6.61 Å². The lowest BCUT2D eigenvalue weighted by Crippen LogP contribution is -2.27. The van der Waals surface area contributed by atoms with Crippen LogP contribution in [0.25, 0.3) is 0 Å². The predicted octanol–water partition coefficient (Wildman–Crippen LogP) is 1.60. The molecule has 0 atom stereocenters. The topological polar surface area (TPSA) is 41.3 Å². The first-order valence-electron chi connectivity index (χ1n) is 6.12. The van der Waals surface area contributed by atoms with Gasteiger partial charge in [0.1, 0.15) is 5.82 Å². The van der Waals surface area contributed by atoms with Gasteiger partial charge in [0, 0.05) is 25.7 Å². The highest BCUT2D eigenvalue weighted by Crippen LogP contribution is 2.25. The Morgan fingerprint density at radius 2 is 1.81 bits per heavy atom. The molecular weight excluding hydrogens is 202 g/mol. The zero-order valence-electron chi connectivity index (χ0n) is 10.2. The maximum absolute atomic E-state index is 9.43. The molecule has 0 unspecified atom stereocenters. The smallest absolute Gasteiger partial charge is 0.132 e. The molecule has 0 aromatic carbocycles. The lowest BCUT2D eigenvalue weighted by molar-refractivity contribution is 0.281. The van der Waals surface area contributed by atoms with Gasteiger partial charge in [-0.25, -0.2) is 0 Å². The number of aromatic nitrogens is 2. The minimum atomic E-state index is 0.0888. The summed E-state index contributed by atoms with van der Waals surface area (Å²) in [6.07, 6.45) is 5.13. The summed E-state index contributed by atoms with van der Waals surface area (Å²) in [4.78, 5) is 2.37. The van der Waals surface area contributed by atoms with Gasteiger partial charge in [-0.3, -0.25) is 4.68 Å². The minimum absolute atomic E-state index is 0.0888. The number of aliphatic hydroxyl groups is 1. The molecule has 0 bridgehead atoms. The average molecular weight is 223 g/mol. The Balaban J connectivity index is 2.29. The van der Waals surface area contributed by atoms with Crippen molar-refractivity contribution in [3.05, 3.63) is 11.3 Å². The highest BCUT2D eigenvalue weighted by molar-refractivity contribution is 5.49. The summed E-state index contributed by atoms with van der Waals surface area (Å²) in [7, 11) is 1.96. The molecule has 0 saturated carbocycles. The van der Waals surface area contributed by atoms with Crippen LogP contribution >= 0.6 is 0 Å². The van der Waals surface area contributed by atoms with E-state index in [1.165, 1.54) is 25.7 Å². The third-order valence-corrected chi connectivity index (χ3v) is 3.38. The summed E-state index contributed by atoms with van der Waals surface area (Å²) < 4.78 is 1.91. The van der Waals surface area contributed by atoms with E-state index >= 15 is 0 Å². The number of aliphatic hydroxyl groups excluding tert-OH is 1. The van der Waals surface area contributed by atoms with Crippen LogP contribution in [0.1, 0.15) is 36.9 Å². The van der Waals surface area contributed by atoms with Crippen molar-refractivity contribution < 1.29 is 5.11 Å². The van der Waals surface area contributed by atoms with Crippen molar-refractivity contribution in [2.24, 2.45) is 7.05 Å². The molecule has 16 heavy (non-hydrogen) atoms. The van der Waals surface area contributed by atoms with Crippen molar-refractivity contribution in [2.45, 2.75) is 39.2 Å². The second-order valence-corrected chi connectivity index (χ2v) is 4.57. The van der Waals surface area contributed by atoms with Gasteiger partial charge in [0.05, 0.1) is 12.3 Å². The van der Waals surface area contributed by atoms with Crippen molar-refractivity contribution in [1.29, 1.82) is 0 Å². The molecule has 0 radical (unpaired) electrons. The second-order valence-electron chi connectivity index (χ2n) is 4.57. The van der Waals surface area contributed by atoms with Crippen LogP contribution in [0, 0.1) is 6.92 Å². The van der Waals surface area contributed by atoms with Crippen LogP contribution in [0.4, 0.5) is 5.82 Å². The number of rotatable bonds is 2. The number of nitrogens with zero attached hydrogens (tertiary/aromatic N) is 3. The van der Waals surface area contributed by atoms with Crippen LogP contribution in [0.5, 0.6) is 0 Å². The first-order chi connectivity index (χ1) is 7.74. The Bertz CT molecular complexity index is 351. The molecule has 1 aliphatic rings. The zero-order valence-corrected chi connectivity index (χ0v) is 10.2. The van der Waals surface area contributed by atoms with Crippen LogP contribution in [-0.2, 0) is 13.7 Å². The minimum Gasteiger partial charge on any atom is -0.391 e. The van der Waals surface area contributed by atoms with E-state index in [1.54, 1.807) is 0 Å². The van der Waals surface area contributed by atoms with Crippen LogP contribution in [0.3, 0.4) is 0 Å². The Morgan fingerprint density at radius 3 is 2.38 bits per heavy atom. The van der Waals surface area contributed by atoms with E-state index in [9.17, 15) is 5.11 Å². The van der Waals surface area contributed by atoms with E-state index in [4.69, 9.17) is 0 Å². The molecule has 90 valence electrons. The molecule has 2 rings (SSSR count). The summed E-state index contributed by atoms with van der Waals surface area (Å²) in [6, 6.07) is 0. The first-order valence-corrected chi connectivity index (χ1v) is 6.12. The molecule has 1 fully saturated rings. The third kappa shape index (κ3) is 2.07. The maximum atomic E-state index is 9.43. The first kappa shape index (κ1) is 11.5. The molecule has 1 aromatic heterocycles. The Labute approximate surface area is 96.9 Å². The van der Waals surface area contributed by atoms with E-state index in [1.807, 2.05) is 18.7 Å². The van der Waals surface area contributed by atoms with Gasteiger partial charge in [0.2, 0.25) is 0 Å². The van der Waals surface area contributed by atoms with E-state index in [0.717, 1.165) is 30.2 Å². The zero-order chi connectivity index (χ0) is 11.5. The number of aryl methyl sites for hydroxylation is 2. The lowest BCUT2D eigenvalue weighted by atomic mass is 10.2. The summed E-state index contributed by atoms with van der Waals surface area (Å²) in [5.41, 5.74) is 1.94. The molecule has 1 aromatic rings. The second kappa shape index (κ2) is 4.87. The Morgan fingerprint density at radius 1 is 1.19 bits per heavy atom. The maximum Gasteiger partial charge on any atom is 0.132 e. The Hall–Kier alpha value is -1.03. The average Bonchev–Trinajstić information content (AvgIpc) is 2.48. The van der Waals surface area contributed by atoms with Crippen LogP contribution < -0.4 is 4.90 Å². The molecular formula is C12H21N3O. The standard InChI is InChI=1S/C12H21N3O/c1-10-11(9-16)12(14(2)13-10)15-7-5-3-4-6-8-15/h16H,3-9H2,1-2H3. The van der Waals surface area contributed by atoms with E-state index < -0.39 is 0 Å². The van der Waals surface area contributed by atoms with E-state index in [2.05, 4.69) is 10.00 Å². The highest BCUT2D eigenvalue weighted by Gasteiger charge is 2.19. The van der Waals surface area contributed by atoms with Gasteiger partial charge in [-0.2, -0.15) is 5.10 Å². The molecule has 1 N–H and O–H groups in total. The number of hydrogen-bond acceptors (Lipinski definition) is 3. The fourth-order valence-corrected chi connectivity index (χ4v) is 2.55.